The first-order valence-electron chi connectivity index (χ1n) is 22.0. The van der Waals surface area contributed by atoms with Crippen molar-refractivity contribution in [1.82, 2.24) is 9.97 Å². The van der Waals surface area contributed by atoms with Gasteiger partial charge in [-0.25, -0.2) is 0 Å². The minimum Gasteiger partial charge on any atom is -0.457 e. The van der Waals surface area contributed by atoms with Crippen molar-refractivity contribution in [3.05, 3.63) is 200 Å². The Morgan fingerprint density at radius 1 is 0.453 bits per heavy atom. The second-order valence-electron chi connectivity index (χ2n) is 19.7. The van der Waals surface area contributed by atoms with Gasteiger partial charge in [0.25, 0.3) is 0 Å². The standard InChI is InChI=1S/C58H45N2O3P/c1-56(2,3)32-22-26-44-42(30-32)58(43-31-33(57(4,5)6)23-27-45(43)63-44)48-28-24-40-52(59-48)50-36(34-14-8-10-16-38(34)54(40)61)18-12-20-46(50)64(7)47-21-13-19-37-35-15-9-11-17-39(35)55(62)41-25-29-49(58)60-53(41)51(37)47/h8-31H,1-7H3. The number of hydrogen-bond donors (Lipinski definition) is 0. The van der Waals surface area contributed by atoms with Crippen LogP contribution < -0.4 is 26.2 Å². The Morgan fingerprint density at radius 3 is 1.28 bits per heavy atom. The summed E-state index contributed by atoms with van der Waals surface area (Å²) in [6.45, 7) is 15.7. The van der Waals surface area contributed by atoms with Gasteiger partial charge >= 0.3 is 0 Å². The van der Waals surface area contributed by atoms with Gasteiger partial charge in [0, 0.05) is 43.4 Å². The SMILES string of the molecule is CP1c2cccc3c4ccccc4c(=O)c4ccc(nc4c23)C2(c3ccc4c(=O)c5ccccc5c5cccc1c5c4n3)c1cc(C(C)(C)C)ccc1Oc1ccc(C(C)(C)C)cc12. The van der Waals surface area contributed by atoms with Crippen molar-refractivity contribution >= 4 is 83.4 Å². The summed E-state index contributed by atoms with van der Waals surface area (Å²) in [5, 5.41) is 10.3. The molecule has 0 fully saturated rings. The molecule has 64 heavy (non-hydrogen) atoms. The minimum absolute atomic E-state index is 0.0559. The number of rotatable bonds is 0. The maximum atomic E-state index is 15.1. The van der Waals surface area contributed by atoms with Crippen molar-refractivity contribution in [2.24, 2.45) is 0 Å². The third-order valence-electron chi connectivity index (χ3n) is 14.0. The number of aromatic nitrogens is 2. The molecule has 2 aromatic heterocycles. The van der Waals surface area contributed by atoms with E-state index < -0.39 is 13.3 Å². The molecule has 0 amide bonds. The Morgan fingerprint density at radius 2 is 0.859 bits per heavy atom. The predicted octanol–water partition coefficient (Wildman–Crippen LogP) is 12.6. The van der Waals surface area contributed by atoms with Crippen LogP contribution in [0.3, 0.4) is 0 Å². The Labute approximate surface area is 372 Å². The summed E-state index contributed by atoms with van der Waals surface area (Å²) in [6.07, 6.45) is 0. The molecule has 5 nitrogen and oxygen atoms in total. The van der Waals surface area contributed by atoms with E-state index in [9.17, 15) is 0 Å². The Hall–Kier alpha value is -6.81. The molecule has 0 N–H and O–H groups in total. The number of fused-ring (bicyclic) bond motifs is 12. The van der Waals surface area contributed by atoms with Crippen LogP contribution in [0, 0.1) is 0 Å². The highest BCUT2D eigenvalue weighted by Crippen LogP contribution is 2.56. The fourth-order valence-electron chi connectivity index (χ4n) is 10.6. The zero-order valence-electron chi connectivity index (χ0n) is 36.9. The number of nitrogens with zero attached hydrogens (tertiary/aromatic N) is 2. The van der Waals surface area contributed by atoms with Gasteiger partial charge in [-0.2, -0.15) is 0 Å². The lowest BCUT2D eigenvalue weighted by molar-refractivity contribution is 0.427. The molecule has 0 saturated carbocycles. The van der Waals surface area contributed by atoms with E-state index in [2.05, 4.69) is 133 Å². The van der Waals surface area contributed by atoms with Gasteiger partial charge in [-0.1, -0.05) is 139 Å². The van der Waals surface area contributed by atoms with E-state index in [0.29, 0.717) is 44.1 Å². The molecule has 6 heteroatoms. The summed E-state index contributed by atoms with van der Waals surface area (Å²) in [7, 11) is -1.13. The summed E-state index contributed by atoms with van der Waals surface area (Å²) in [5.41, 5.74) is 5.11. The molecular formula is C58H45N2O3P. The molecule has 1 spiro atoms. The highest BCUT2D eigenvalue weighted by Gasteiger charge is 2.49. The Kier molecular flexibility index (Phi) is 8.11. The zero-order chi connectivity index (χ0) is 44.0. The zero-order valence-corrected chi connectivity index (χ0v) is 37.8. The van der Waals surface area contributed by atoms with Crippen LogP contribution in [0.1, 0.15) is 75.2 Å². The van der Waals surface area contributed by atoms with E-state index in [1.165, 1.54) is 0 Å². The second-order valence-corrected chi connectivity index (χ2v) is 21.7. The van der Waals surface area contributed by atoms with Crippen molar-refractivity contribution in [3.8, 4) is 11.5 Å². The van der Waals surface area contributed by atoms with Crippen LogP contribution in [-0.2, 0) is 16.2 Å². The van der Waals surface area contributed by atoms with Gasteiger partial charge in [0.2, 0.25) is 0 Å². The maximum Gasteiger partial charge on any atom is 0.195 e. The molecule has 10 aromatic rings. The third kappa shape index (κ3) is 5.28. The predicted molar refractivity (Wildman–Crippen MR) is 268 cm³/mol. The fourth-order valence-corrected chi connectivity index (χ4v) is 12.6. The Balaban J connectivity index is 1.42. The van der Waals surface area contributed by atoms with E-state index in [1.807, 2.05) is 60.7 Å². The van der Waals surface area contributed by atoms with Crippen LogP contribution in [-0.4, -0.2) is 16.6 Å². The average Bonchev–Trinajstić information content (AvgIpc) is 3.47. The first-order chi connectivity index (χ1) is 30.7. The van der Waals surface area contributed by atoms with Crippen LogP contribution in [0.5, 0.6) is 11.5 Å². The van der Waals surface area contributed by atoms with Crippen molar-refractivity contribution < 1.29 is 4.74 Å². The lowest BCUT2D eigenvalue weighted by atomic mass is 9.65. The average molecular weight is 849 g/mol. The second kappa shape index (κ2) is 13.4. The van der Waals surface area contributed by atoms with E-state index in [-0.39, 0.29) is 21.7 Å². The number of ether oxygens (including phenoxy) is 1. The molecule has 0 saturated heterocycles. The minimum atomic E-state index is -1.18. The van der Waals surface area contributed by atoms with Crippen LogP contribution in [0.2, 0.25) is 0 Å². The molecule has 310 valence electrons. The summed E-state index contributed by atoms with van der Waals surface area (Å²) >= 11 is 0. The van der Waals surface area contributed by atoms with Crippen LogP contribution in [0.4, 0.5) is 0 Å². The van der Waals surface area contributed by atoms with E-state index in [1.54, 1.807) is 0 Å². The molecule has 2 aliphatic heterocycles. The Bertz CT molecular complexity index is 3610. The molecule has 12 rings (SSSR count). The van der Waals surface area contributed by atoms with Crippen molar-refractivity contribution in [1.29, 1.82) is 0 Å². The number of hydrogen-bond acceptors (Lipinski definition) is 5. The maximum absolute atomic E-state index is 15.1. The topological polar surface area (TPSA) is 69.2 Å². The van der Waals surface area contributed by atoms with Crippen molar-refractivity contribution in [2.75, 3.05) is 6.66 Å². The quantitative estimate of drug-likeness (QED) is 0.142. The lowest BCUT2D eigenvalue weighted by Crippen LogP contribution is -2.37. The van der Waals surface area contributed by atoms with Gasteiger partial charge in [0.05, 0.1) is 22.4 Å². The highest BCUT2D eigenvalue weighted by molar-refractivity contribution is 7.73. The fraction of sp³-hybridized carbons (Fsp3) is 0.172. The van der Waals surface area contributed by atoms with Crippen molar-refractivity contribution in [2.45, 2.75) is 57.8 Å². The molecule has 2 aliphatic rings. The lowest BCUT2D eigenvalue weighted by Gasteiger charge is -2.41. The van der Waals surface area contributed by atoms with E-state index in [4.69, 9.17) is 14.7 Å². The van der Waals surface area contributed by atoms with Gasteiger partial charge < -0.3 is 4.74 Å². The molecule has 8 aromatic carbocycles. The molecule has 0 radical (unpaired) electrons. The van der Waals surface area contributed by atoms with Crippen LogP contribution >= 0.6 is 7.92 Å². The highest BCUT2D eigenvalue weighted by atomic mass is 31.1. The third-order valence-corrected chi connectivity index (χ3v) is 16.2. The largest absolute Gasteiger partial charge is 0.457 e. The molecule has 0 unspecified atom stereocenters. The number of pyridine rings is 2. The van der Waals surface area contributed by atoms with E-state index >= 15 is 9.59 Å². The summed E-state index contributed by atoms with van der Waals surface area (Å²) in [5.74, 6) is 1.41. The van der Waals surface area contributed by atoms with E-state index in [0.717, 1.165) is 76.6 Å². The summed E-state index contributed by atoms with van der Waals surface area (Å²) in [6, 6.07) is 50.0. The van der Waals surface area contributed by atoms with Gasteiger partial charge in [-0.05, 0) is 117 Å². The molecule has 0 atom stereocenters. The number of benzene rings is 6. The van der Waals surface area contributed by atoms with Gasteiger partial charge in [-0.15, -0.1) is 0 Å². The monoisotopic (exact) mass is 848 g/mol. The van der Waals surface area contributed by atoms with Crippen LogP contribution in [0.25, 0.3) is 64.9 Å². The molecular weight excluding hydrogens is 804 g/mol. The van der Waals surface area contributed by atoms with Gasteiger partial charge in [-0.3, -0.25) is 19.6 Å². The molecule has 4 bridgehead atoms. The first-order valence-corrected chi connectivity index (χ1v) is 23.8. The molecule has 0 aliphatic carbocycles. The smallest absolute Gasteiger partial charge is 0.195 e. The normalized spacial score (nSPS) is 14.5. The molecule has 4 heterocycles. The van der Waals surface area contributed by atoms with Crippen LogP contribution in [0.15, 0.2) is 155 Å². The summed E-state index contributed by atoms with van der Waals surface area (Å²) < 4.78 is 6.99. The first kappa shape index (κ1) is 38.8. The summed E-state index contributed by atoms with van der Waals surface area (Å²) in [4.78, 5) is 42.0. The van der Waals surface area contributed by atoms with Crippen molar-refractivity contribution in [3.63, 3.8) is 0 Å². The van der Waals surface area contributed by atoms with Gasteiger partial charge in [0.15, 0.2) is 10.9 Å². The van der Waals surface area contributed by atoms with Gasteiger partial charge in [0.1, 0.15) is 16.9 Å².